The van der Waals surface area contributed by atoms with Crippen LogP contribution >= 0.6 is 11.8 Å². The fraction of sp³-hybridized carbons (Fsp3) is 0.400. The van der Waals surface area contributed by atoms with Crippen molar-refractivity contribution >= 4 is 11.8 Å². The minimum Gasteiger partial charge on any atom is -0.316 e. The first-order valence-corrected chi connectivity index (χ1v) is 7.70. The fourth-order valence-electron chi connectivity index (χ4n) is 2.01. The minimum absolute atomic E-state index is 0.185. The summed E-state index contributed by atoms with van der Waals surface area (Å²) in [6, 6.07) is 9.15. The van der Waals surface area contributed by atoms with E-state index in [9.17, 15) is 4.39 Å². The molecule has 0 bridgehead atoms. The molecule has 0 amide bonds. The molecule has 0 aliphatic carbocycles. The maximum Gasteiger partial charge on any atom is 0.123 e. The van der Waals surface area contributed by atoms with Crippen molar-refractivity contribution in [3.05, 3.63) is 48.0 Å². The molecule has 20 heavy (non-hydrogen) atoms. The molecule has 0 aliphatic rings. The van der Waals surface area contributed by atoms with Crippen LogP contribution in [0.25, 0.3) is 0 Å². The maximum atomic E-state index is 12.8. The number of aromatic nitrogens is 2. The van der Waals surface area contributed by atoms with Crippen molar-refractivity contribution in [2.75, 3.05) is 12.8 Å². The van der Waals surface area contributed by atoms with E-state index in [4.69, 9.17) is 0 Å². The monoisotopic (exact) mass is 293 g/mol. The first-order valence-electron chi connectivity index (χ1n) is 6.71. The van der Waals surface area contributed by atoms with Crippen LogP contribution in [-0.4, -0.2) is 28.6 Å². The first-order chi connectivity index (χ1) is 9.69. The number of nitrogens with zero attached hydrogens (tertiary/aromatic N) is 2. The van der Waals surface area contributed by atoms with E-state index in [1.54, 1.807) is 11.8 Å². The molecule has 0 fully saturated rings. The highest BCUT2D eigenvalue weighted by Gasteiger charge is 2.09. The zero-order valence-corrected chi connectivity index (χ0v) is 12.7. The second-order valence-corrected chi connectivity index (χ2v) is 5.83. The van der Waals surface area contributed by atoms with Gasteiger partial charge in [-0.3, -0.25) is 4.68 Å². The largest absolute Gasteiger partial charge is 0.316 e. The van der Waals surface area contributed by atoms with Gasteiger partial charge in [-0.15, -0.1) is 11.8 Å². The molecule has 0 saturated heterocycles. The number of thioether (sulfide) groups is 1. The molecule has 2 rings (SSSR count). The molecule has 108 valence electrons. The third kappa shape index (κ3) is 4.35. The molecule has 3 nitrogen and oxygen atoms in total. The molecule has 1 atom stereocenters. The highest BCUT2D eigenvalue weighted by Crippen LogP contribution is 2.20. The van der Waals surface area contributed by atoms with Gasteiger partial charge in [0, 0.05) is 35.6 Å². The van der Waals surface area contributed by atoms with Gasteiger partial charge >= 0.3 is 0 Å². The van der Waals surface area contributed by atoms with E-state index < -0.39 is 0 Å². The van der Waals surface area contributed by atoms with Gasteiger partial charge in [-0.25, -0.2) is 4.39 Å². The Balaban J connectivity index is 1.80. The van der Waals surface area contributed by atoms with Crippen molar-refractivity contribution in [1.82, 2.24) is 15.1 Å². The summed E-state index contributed by atoms with van der Waals surface area (Å²) in [5, 5.41) is 7.52. The van der Waals surface area contributed by atoms with Gasteiger partial charge in [-0.05, 0) is 50.2 Å². The van der Waals surface area contributed by atoms with E-state index in [1.807, 2.05) is 37.1 Å². The van der Waals surface area contributed by atoms with Crippen molar-refractivity contribution in [2.24, 2.45) is 7.05 Å². The van der Waals surface area contributed by atoms with Crippen LogP contribution in [0.3, 0.4) is 0 Å². The number of hydrogen-bond acceptors (Lipinski definition) is 3. The lowest BCUT2D eigenvalue weighted by Gasteiger charge is -2.15. The summed E-state index contributed by atoms with van der Waals surface area (Å²) in [5.41, 5.74) is 1.25. The van der Waals surface area contributed by atoms with Crippen LogP contribution in [0, 0.1) is 5.82 Å². The van der Waals surface area contributed by atoms with E-state index in [0.29, 0.717) is 6.04 Å². The van der Waals surface area contributed by atoms with Gasteiger partial charge in [0.2, 0.25) is 0 Å². The average molecular weight is 293 g/mol. The molecule has 2 aromatic rings. The van der Waals surface area contributed by atoms with Crippen molar-refractivity contribution in [3.63, 3.8) is 0 Å². The Bertz CT molecular complexity index is 524. The molecular weight excluding hydrogens is 273 g/mol. The molecule has 1 N–H and O–H groups in total. The Hall–Kier alpha value is -1.33. The minimum atomic E-state index is -0.185. The normalized spacial score (nSPS) is 12.6. The van der Waals surface area contributed by atoms with Gasteiger partial charge in [0.15, 0.2) is 0 Å². The van der Waals surface area contributed by atoms with Crippen LogP contribution < -0.4 is 5.32 Å². The van der Waals surface area contributed by atoms with E-state index in [2.05, 4.69) is 16.5 Å². The molecule has 0 radical (unpaired) electrons. The standard InChI is InChI=1S/C15H20FN3S/c1-17-13(5-6-14-9-10-18-19(14)2)11-20-15-7-3-12(16)4-8-15/h3-4,7-10,13,17H,5-6,11H2,1-2H3. The van der Waals surface area contributed by atoms with E-state index in [1.165, 1.54) is 17.8 Å². The number of benzene rings is 1. The van der Waals surface area contributed by atoms with Crippen LogP contribution in [0.1, 0.15) is 12.1 Å². The van der Waals surface area contributed by atoms with Crippen LogP contribution in [0.4, 0.5) is 4.39 Å². The molecule has 0 aliphatic heterocycles. The van der Waals surface area contributed by atoms with Crippen molar-refractivity contribution in [2.45, 2.75) is 23.8 Å². The lowest BCUT2D eigenvalue weighted by molar-refractivity contribution is 0.556. The third-order valence-corrected chi connectivity index (χ3v) is 4.52. The number of nitrogens with one attached hydrogen (secondary N) is 1. The molecule has 1 unspecified atom stereocenters. The second-order valence-electron chi connectivity index (χ2n) is 4.74. The van der Waals surface area contributed by atoms with Crippen LogP contribution in [-0.2, 0) is 13.5 Å². The molecule has 1 heterocycles. The Morgan fingerprint density at radius 3 is 2.65 bits per heavy atom. The third-order valence-electron chi connectivity index (χ3n) is 3.34. The predicted molar refractivity (Wildman–Crippen MR) is 81.5 cm³/mol. The molecule has 0 spiro atoms. The van der Waals surface area contributed by atoms with Gasteiger partial charge in [0.25, 0.3) is 0 Å². The van der Waals surface area contributed by atoms with Crippen molar-refractivity contribution in [3.8, 4) is 0 Å². The smallest absolute Gasteiger partial charge is 0.123 e. The highest BCUT2D eigenvalue weighted by atomic mass is 32.2. The van der Waals surface area contributed by atoms with E-state index in [-0.39, 0.29) is 5.82 Å². The second kappa shape index (κ2) is 7.45. The summed E-state index contributed by atoms with van der Waals surface area (Å²) in [5.74, 6) is 0.788. The van der Waals surface area contributed by atoms with Crippen LogP contribution in [0.15, 0.2) is 41.4 Å². The maximum absolute atomic E-state index is 12.8. The summed E-state index contributed by atoms with van der Waals surface area (Å²) >= 11 is 1.75. The number of hydrogen-bond donors (Lipinski definition) is 1. The van der Waals surface area contributed by atoms with Crippen molar-refractivity contribution < 1.29 is 4.39 Å². The van der Waals surface area contributed by atoms with Gasteiger partial charge in [0.05, 0.1) is 0 Å². The Kier molecular flexibility index (Phi) is 5.61. The fourth-order valence-corrected chi connectivity index (χ4v) is 3.06. The summed E-state index contributed by atoms with van der Waals surface area (Å²) in [6.07, 6.45) is 3.90. The molecule has 1 aromatic carbocycles. The van der Waals surface area contributed by atoms with Gasteiger partial charge in [-0.1, -0.05) is 0 Å². The van der Waals surface area contributed by atoms with E-state index >= 15 is 0 Å². The molecule has 1 aromatic heterocycles. The molecule has 0 saturated carbocycles. The topological polar surface area (TPSA) is 29.9 Å². The zero-order valence-electron chi connectivity index (χ0n) is 11.8. The van der Waals surface area contributed by atoms with Crippen LogP contribution in [0.2, 0.25) is 0 Å². The van der Waals surface area contributed by atoms with Crippen LogP contribution in [0.5, 0.6) is 0 Å². The molecular formula is C15H20FN3S. The Morgan fingerprint density at radius 2 is 2.05 bits per heavy atom. The average Bonchev–Trinajstić information content (AvgIpc) is 2.86. The van der Waals surface area contributed by atoms with Gasteiger partial charge in [-0.2, -0.15) is 5.10 Å². The summed E-state index contributed by atoms with van der Waals surface area (Å²) < 4.78 is 14.8. The first kappa shape index (κ1) is 15.1. The Labute approximate surface area is 123 Å². The number of rotatable bonds is 7. The van der Waals surface area contributed by atoms with Gasteiger partial charge in [0.1, 0.15) is 5.82 Å². The highest BCUT2D eigenvalue weighted by molar-refractivity contribution is 7.99. The lowest BCUT2D eigenvalue weighted by atomic mass is 10.1. The zero-order chi connectivity index (χ0) is 14.4. The summed E-state index contributed by atoms with van der Waals surface area (Å²) in [4.78, 5) is 1.10. The van der Waals surface area contributed by atoms with Gasteiger partial charge < -0.3 is 5.32 Å². The summed E-state index contributed by atoms with van der Waals surface area (Å²) in [7, 11) is 3.95. The summed E-state index contributed by atoms with van der Waals surface area (Å²) in [6.45, 7) is 0. The van der Waals surface area contributed by atoms with Crippen molar-refractivity contribution in [1.29, 1.82) is 0 Å². The SMILES string of the molecule is CNC(CCc1ccnn1C)CSc1ccc(F)cc1. The number of halogens is 1. The van der Waals surface area contributed by atoms with E-state index in [0.717, 1.165) is 23.5 Å². The molecule has 5 heteroatoms. The number of aryl methyl sites for hydroxylation is 2. The Morgan fingerprint density at radius 1 is 1.30 bits per heavy atom. The lowest BCUT2D eigenvalue weighted by Crippen LogP contribution is -2.28. The predicted octanol–water partition coefficient (Wildman–Crippen LogP) is 2.87. The quantitative estimate of drug-likeness (QED) is 0.796.